The Morgan fingerprint density at radius 2 is 2.16 bits per heavy atom. The summed E-state index contributed by atoms with van der Waals surface area (Å²) in [5, 5.41) is 3.75. The molecule has 1 aromatic heterocycles. The first-order valence-electron chi connectivity index (χ1n) is 8.95. The smallest absolute Gasteiger partial charge is 0.268 e. The Labute approximate surface area is 146 Å². The highest BCUT2D eigenvalue weighted by molar-refractivity contribution is 5.99. The number of ether oxygens (including phenoxy) is 1. The zero-order valence-electron chi connectivity index (χ0n) is 14.2. The fourth-order valence-electron chi connectivity index (χ4n) is 4.02. The van der Waals surface area contributed by atoms with Crippen LogP contribution in [-0.4, -0.2) is 54.0 Å². The van der Waals surface area contributed by atoms with Crippen LogP contribution in [-0.2, 0) is 9.53 Å². The average molecular weight is 341 g/mol. The quantitative estimate of drug-likeness (QED) is 0.896. The van der Waals surface area contributed by atoms with Crippen molar-refractivity contribution in [3.05, 3.63) is 36.0 Å². The molecular formula is C19H23N3O3. The van der Waals surface area contributed by atoms with E-state index in [4.69, 9.17) is 4.74 Å². The van der Waals surface area contributed by atoms with Gasteiger partial charge in [0.05, 0.1) is 13.2 Å². The van der Waals surface area contributed by atoms with E-state index in [0.29, 0.717) is 18.2 Å². The number of para-hydroxylation sites is 1. The molecule has 1 aromatic carbocycles. The molecule has 0 aliphatic carbocycles. The SMILES string of the molecule is O=C(NCC(=O)N1CCCC2COCCC21)c1cc2ccccc2[nH]1. The zero-order valence-corrected chi connectivity index (χ0v) is 14.2. The van der Waals surface area contributed by atoms with Crippen LogP contribution in [0.25, 0.3) is 10.9 Å². The number of carbonyl (C=O) groups is 2. The van der Waals surface area contributed by atoms with Crippen molar-refractivity contribution in [2.24, 2.45) is 5.92 Å². The fourth-order valence-corrected chi connectivity index (χ4v) is 4.02. The van der Waals surface area contributed by atoms with E-state index in [1.54, 1.807) is 0 Å². The Kier molecular flexibility index (Phi) is 4.44. The minimum atomic E-state index is -0.245. The molecule has 2 amide bonds. The largest absolute Gasteiger partial charge is 0.381 e. The standard InChI is InChI=1S/C19H23N3O3/c23-18(22-8-3-5-14-12-25-9-7-17(14)22)11-20-19(24)16-10-13-4-1-2-6-15(13)21-16/h1-2,4,6,10,14,17,21H,3,5,7-9,11-12H2,(H,20,24). The number of fused-ring (bicyclic) bond motifs is 2. The number of aromatic amines is 1. The predicted octanol–water partition coefficient (Wildman–Crippen LogP) is 1.93. The molecule has 6 nitrogen and oxygen atoms in total. The molecule has 0 spiro atoms. The highest BCUT2D eigenvalue weighted by Crippen LogP contribution is 2.29. The summed E-state index contributed by atoms with van der Waals surface area (Å²) in [7, 11) is 0. The van der Waals surface area contributed by atoms with Crippen molar-refractivity contribution < 1.29 is 14.3 Å². The van der Waals surface area contributed by atoms with Crippen molar-refractivity contribution >= 4 is 22.7 Å². The molecule has 2 unspecified atom stereocenters. The number of piperidine rings is 1. The second-order valence-electron chi connectivity index (χ2n) is 6.87. The van der Waals surface area contributed by atoms with Gasteiger partial charge in [-0.15, -0.1) is 0 Å². The van der Waals surface area contributed by atoms with E-state index in [1.807, 2.05) is 35.2 Å². The Balaban J connectivity index is 1.38. The van der Waals surface area contributed by atoms with Crippen LogP contribution >= 0.6 is 0 Å². The van der Waals surface area contributed by atoms with E-state index in [1.165, 1.54) is 0 Å². The molecule has 2 fully saturated rings. The second-order valence-corrected chi connectivity index (χ2v) is 6.87. The number of carbonyl (C=O) groups excluding carboxylic acids is 2. The lowest BCUT2D eigenvalue weighted by Crippen LogP contribution is -2.54. The first-order chi connectivity index (χ1) is 12.2. The van der Waals surface area contributed by atoms with Gasteiger partial charge in [-0.2, -0.15) is 0 Å². The molecule has 0 bridgehead atoms. The topological polar surface area (TPSA) is 74.4 Å². The van der Waals surface area contributed by atoms with Gasteiger partial charge in [-0.3, -0.25) is 9.59 Å². The lowest BCUT2D eigenvalue weighted by Gasteiger charge is -2.43. The summed E-state index contributed by atoms with van der Waals surface area (Å²) in [4.78, 5) is 30.0. The van der Waals surface area contributed by atoms with Crippen LogP contribution in [0.1, 0.15) is 29.8 Å². The minimum absolute atomic E-state index is 0.000983. The molecule has 3 heterocycles. The third-order valence-corrected chi connectivity index (χ3v) is 5.30. The van der Waals surface area contributed by atoms with Crippen LogP contribution in [0.5, 0.6) is 0 Å². The van der Waals surface area contributed by atoms with Crippen LogP contribution in [0, 0.1) is 5.92 Å². The van der Waals surface area contributed by atoms with Crippen molar-refractivity contribution in [3.63, 3.8) is 0 Å². The van der Waals surface area contributed by atoms with Gasteiger partial charge in [-0.05, 0) is 31.4 Å². The van der Waals surface area contributed by atoms with Crippen molar-refractivity contribution in [3.8, 4) is 0 Å². The molecule has 6 heteroatoms. The molecule has 2 aliphatic rings. The summed E-state index contributed by atoms with van der Waals surface area (Å²) >= 11 is 0. The monoisotopic (exact) mass is 341 g/mol. The van der Waals surface area contributed by atoms with Crippen molar-refractivity contribution in [2.75, 3.05) is 26.3 Å². The van der Waals surface area contributed by atoms with E-state index in [9.17, 15) is 9.59 Å². The van der Waals surface area contributed by atoms with Crippen molar-refractivity contribution in [1.29, 1.82) is 0 Å². The lowest BCUT2D eigenvalue weighted by molar-refractivity contribution is -0.139. The van der Waals surface area contributed by atoms with Crippen molar-refractivity contribution in [2.45, 2.75) is 25.3 Å². The maximum atomic E-state index is 12.6. The summed E-state index contributed by atoms with van der Waals surface area (Å²) < 4.78 is 5.54. The number of hydrogen-bond donors (Lipinski definition) is 2. The number of rotatable bonds is 3. The highest BCUT2D eigenvalue weighted by atomic mass is 16.5. The van der Waals surface area contributed by atoms with E-state index in [0.717, 1.165) is 43.3 Å². The van der Waals surface area contributed by atoms with Gasteiger partial charge in [0, 0.05) is 36.0 Å². The van der Waals surface area contributed by atoms with Crippen LogP contribution in [0.3, 0.4) is 0 Å². The van der Waals surface area contributed by atoms with E-state index >= 15 is 0 Å². The average Bonchev–Trinajstić information content (AvgIpc) is 3.09. The van der Waals surface area contributed by atoms with Crippen LogP contribution < -0.4 is 5.32 Å². The summed E-state index contributed by atoms with van der Waals surface area (Å²) in [6.07, 6.45) is 3.02. The molecule has 132 valence electrons. The third-order valence-electron chi connectivity index (χ3n) is 5.30. The zero-order chi connectivity index (χ0) is 17.2. The number of likely N-dealkylation sites (tertiary alicyclic amines) is 1. The molecule has 0 radical (unpaired) electrons. The van der Waals surface area contributed by atoms with Gasteiger partial charge < -0.3 is 19.9 Å². The maximum absolute atomic E-state index is 12.6. The highest BCUT2D eigenvalue weighted by Gasteiger charge is 2.36. The van der Waals surface area contributed by atoms with Crippen molar-refractivity contribution in [1.82, 2.24) is 15.2 Å². The fraction of sp³-hybridized carbons (Fsp3) is 0.474. The second kappa shape index (κ2) is 6.88. The number of amides is 2. The molecule has 2 saturated heterocycles. The third kappa shape index (κ3) is 3.26. The Bertz CT molecular complexity index is 750. The number of nitrogens with zero attached hydrogens (tertiary/aromatic N) is 1. The molecular weight excluding hydrogens is 318 g/mol. The van der Waals surface area contributed by atoms with Gasteiger partial charge in [0.25, 0.3) is 5.91 Å². The summed E-state index contributed by atoms with van der Waals surface area (Å²) in [6, 6.07) is 9.81. The van der Waals surface area contributed by atoms with Gasteiger partial charge in [0.1, 0.15) is 5.69 Å². The molecule has 2 atom stereocenters. The van der Waals surface area contributed by atoms with Gasteiger partial charge in [-0.25, -0.2) is 0 Å². The van der Waals surface area contributed by atoms with Gasteiger partial charge in [-0.1, -0.05) is 18.2 Å². The number of H-pyrrole nitrogens is 1. The number of hydrogen-bond acceptors (Lipinski definition) is 3. The Morgan fingerprint density at radius 3 is 3.04 bits per heavy atom. The molecule has 4 rings (SSSR count). The van der Waals surface area contributed by atoms with Crippen LogP contribution in [0.15, 0.2) is 30.3 Å². The molecule has 2 N–H and O–H groups in total. The van der Waals surface area contributed by atoms with E-state index in [2.05, 4.69) is 10.3 Å². The number of nitrogens with one attached hydrogen (secondary N) is 2. The predicted molar refractivity (Wildman–Crippen MR) is 94.3 cm³/mol. The first-order valence-corrected chi connectivity index (χ1v) is 8.95. The summed E-state index contributed by atoms with van der Waals surface area (Å²) in [5.74, 6) is 0.196. The molecule has 0 saturated carbocycles. The first kappa shape index (κ1) is 16.1. The van der Waals surface area contributed by atoms with Gasteiger partial charge >= 0.3 is 0 Å². The lowest BCUT2D eigenvalue weighted by atomic mass is 9.86. The molecule has 2 aliphatic heterocycles. The number of aromatic nitrogens is 1. The normalized spacial score (nSPS) is 23.3. The summed E-state index contributed by atoms with van der Waals surface area (Å²) in [6.45, 7) is 2.28. The maximum Gasteiger partial charge on any atom is 0.268 e. The van der Waals surface area contributed by atoms with Crippen LogP contribution in [0.4, 0.5) is 0 Å². The summed E-state index contributed by atoms with van der Waals surface area (Å²) in [5.41, 5.74) is 1.40. The van der Waals surface area contributed by atoms with E-state index in [-0.39, 0.29) is 24.4 Å². The number of benzene rings is 1. The van der Waals surface area contributed by atoms with E-state index < -0.39 is 0 Å². The Hall–Kier alpha value is -2.34. The van der Waals surface area contributed by atoms with Gasteiger partial charge in [0.2, 0.25) is 5.91 Å². The molecule has 25 heavy (non-hydrogen) atoms. The molecule has 2 aromatic rings. The Morgan fingerprint density at radius 1 is 1.28 bits per heavy atom. The van der Waals surface area contributed by atoms with Gasteiger partial charge in [0.15, 0.2) is 0 Å². The minimum Gasteiger partial charge on any atom is -0.381 e. The van der Waals surface area contributed by atoms with Crippen LogP contribution in [0.2, 0.25) is 0 Å².